The molecule has 0 bridgehead atoms. The highest BCUT2D eigenvalue weighted by Gasteiger charge is 2.20. The van der Waals surface area contributed by atoms with Crippen molar-refractivity contribution in [2.75, 3.05) is 18.4 Å². The molecule has 0 aliphatic carbocycles. The zero-order valence-electron chi connectivity index (χ0n) is 25.1. The predicted molar refractivity (Wildman–Crippen MR) is 177 cm³/mol. The Kier molecular flexibility index (Phi) is 9.05. The molecule has 0 spiro atoms. The number of hydrazine groups is 1. The van der Waals surface area contributed by atoms with Gasteiger partial charge in [0, 0.05) is 26.7 Å². The number of carbonyl (C=O) groups excluding carboxylic acids is 2. The number of fused-ring (bicyclic) bond motifs is 2. The maximum Gasteiger partial charge on any atom is 0.333 e. The lowest BCUT2D eigenvalue weighted by molar-refractivity contribution is -0.122. The fourth-order valence-electron chi connectivity index (χ4n) is 5.07. The van der Waals surface area contributed by atoms with Crippen molar-refractivity contribution < 1.29 is 9.59 Å². The number of carbonyl (C=O) groups is 2. The van der Waals surface area contributed by atoms with Crippen LogP contribution in [0.3, 0.4) is 0 Å². The Balaban J connectivity index is 1.13. The van der Waals surface area contributed by atoms with E-state index in [1.54, 1.807) is 16.3 Å². The molecule has 0 saturated heterocycles. The normalized spacial score (nSPS) is 11.1. The van der Waals surface area contributed by atoms with Gasteiger partial charge in [-0.2, -0.15) is 5.10 Å². The molecule has 0 radical (unpaired) electrons. The van der Waals surface area contributed by atoms with Crippen LogP contribution < -0.4 is 32.7 Å². The number of aryl methyl sites for hydroxylation is 1. The summed E-state index contributed by atoms with van der Waals surface area (Å²) in [6, 6.07) is 18.1. The van der Waals surface area contributed by atoms with Crippen LogP contribution in [-0.4, -0.2) is 63.5 Å². The zero-order valence-corrected chi connectivity index (χ0v) is 26.6. The van der Waals surface area contributed by atoms with Gasteiger partial charge in [-0.1, -0.05) is 60.7 Å². The largest absolute Gasteiger partial charge is 0.368 e. The number of amides is 3. The molecule has 16 nitrogen and oxygen atoms in total. The molecule has 0 saturated carbocycles. The minimum Gasteiger partial charge on any atom is -0.368 e. The van der Waals surface area contributed by atoms with Crippen LogP contribution >= 0.6 is 15.9 Å². The van der Waals surface area contributed by atoms with E-state index in [2.05, 4.69) is 57.5 Å². The van der Waals surface area contributed by atoms with E-state index in [0.29, 0.717) is 34.5 Å². The molecule has 6 aromatic rings. The second-order valence-electron chi connectivity index (χ2n) is 10.5. The molecule has 47 heavy (non-hydrogen) atoms. The number of hydrogen-bond acceptors (Lipinski definition) is 9. The van der Waals surface area contributed by atoms with E-state index in [9.17, 15) is 19.2 Å². The molecule has 3 amide bonds. The average molecular weight is 702 g/mol. The molecule has 6 rings (SSSR count). The number of aromatic nitrogens is 8. The number of nitrogens with zero attached hydrogens (tertiary/aromatic N) is 8. The summed E-state index contributed by atoms with van der Waals surface area (Å²) in [5, 5.41) is 10.7. The van der Waals surface area contributed by atoms with Crippen LogP contribution in [0.15, 0.2) is 87.5 Å². The van der Waals surface area contributed by atoms with E-state index in [1.807, 2.05) is 60.7 Å². The number of benzene rings is 2. The summed E-state index contributed by atoms with van der Waals surface area (Å²) < 4.78 is 6.05. The standard InChI is InChI=1S/C30H29BrN12O4/c1-40-26-22(24(31)39-40)25(34-17-35-26)32-12-13-33-29(46)38-37-21(44)16-43-28(45)23-27(36-18-41(23)14-19-8-4-2-5-9-19)42(30(43)47)15-20-10-6-3-7-11-20/h2-11,17-18H,12-16H2,1H3,(H,37,44)(H,32,34,35)(H2,33,38,46). The molecule has 240 valence electrons. The van der Waals surface area contributed by atoms with E-state index in [4.69, 9.17) is 0 Å². The van der Waals surface area contributed by atoms with Gasteiger partial charge in [-0.25, -0.2) is 39.2 Å². The molecule has 17 heteroatoms. The second kappa shape index (κ2) is 13.7. The quantitative estimate of drug-likeness (QED) is 0.121. The minimum absolute atomic E-state index is 0.132. The molecule has 0 aliphatic heterocycles. The lowest BCUT2D eigenvalue weighted by Crippen LogP contribution is -2.51. The molecule has 4 N–H and O–H groups in total. The van der Waals surface area contributed by atoms with Crippen molar-refractivity contribution in [3.05, 3.63) is 110 Å². The first-order valence-electron chi connectivity index (χ1n) is 14.5. The van der Waals surface area contributed by atoms with Gasteiger partial charge >= 0.3 is 11.7 Å². The Morgan fingerprint density at radius 1 is 0.830 bits per heavy atom. The van der Waals surface area contributed by atoms with Gasteiger partial charge in [0.05, 0.1) is 18.3 Å². The van der Waals surface area contributed by atoms with Gasteiger partial charge in [-0.05, 0) is 27.1 Å². The number of hydrogen-bond donors (Lipinski definition) is 4. The molecule has 0 fully saturated rings. The van der Waals surface area contributed by atoms with Gasteiger partial charge in [0.2, 0.25) is 0 Å². The van der Waals surface area contributed by atoms with Gasteiger partial charge in [0.25, 0.3) is 11.5 Å². The monoisotopic (exact) mass is 700 g/mol. The van der Waals surface area contributed by atoms with Gasteiger partial charge in [-0.15, -0.1) is 0 Å². The summed E-state index contributed by atoms with van der Waals surface area (Å²) in [7, 11) is 1.76. The molecule has 0 atom stereocenters. The fraction of sp³-hybridized carbons (Fsp3) is 0.200. The smallest absolute Gasteiger partial charge is 0.333 e. The Bertz CT molecular complexity index is 2190. The highest BCUT2D eigenvalue weighted by Crippen LogP contribution is 2.26. The van der Waals surface area contributed by atoms with Crippen LogP contribution in [0.2, 0.25) is 0 Å². The maximum absolute atomic E-state index is 13.7. The van der Waals surface area contributed by atoms with Crippen molar-refractivity contribution in [2.24, 2.45) is 7.05 Å². The molecule has 4 aromatic heterocycles. The molecule has 4 heterocycles. The topological polar surface area (TPSA) is 188 Å². The third-order valence-electron chi connectivity index (χ3n) is 7.26. The molecule has 2 aromatic carbocycles. The fourth-order valence-corrected chi connectivity index (χ4v) is 5.68. The van der Waals surface area contributed by atoms with E-state index in [0.717, 1.165) is 15.7 Å². The first-order chi connectivity index (χ1) is 22.8. The Labute approximate surface area is 274 Å². The van der Waals surface area contributed by atoms with Crippen molar-refractivity contribution in [3.63, 3.8) is 0 Å². The Hall–Kier alpha value is -5.84. The summed E-state index contributed by atoms with van der Waals surface area (Å²) in [5.74, 6) is -0.238. The van der Waals surface area contributed by atoms with Crippen molar-refractivity contribution in [1.29, 1.82) is 0 Å². The number of anilines is 1. The number of urea groups is 1. The van der Waals surface area contributed by atoms with Crippen LogP contribution in [0.1, 0.15) is 11.1 Å². The van der Waals surface area contributed by atoms with Gasteiger partial charge in [0.15, 0.2) is 16.8 Å². The average Bonchev–Trinajstić information content (AvgIpc) is 3.63. The van der Waals surface area contributed by atoms with Crippen LogP contribution in [-0.2, 0) is 31.5 Å². The Morgan fingerprint density at radius 2 is 1.53 bits per heavy atom. The summed E-state index contributed by atoms with van der Waals surface area (Å²) in [4.78, 5) is 65.4. The zero-order chi connectivity index (χ0) is 32.9. The third-order valence-corrected chi connectivity index (χ3v) is 7.82. The van der Waals surface area contributed by atoms with E-state index < -0.39 is 29.7 Å². The van der Waals surface area contributed by atoms with Crippen LogP contribution in [0.25, 0.3) is 22.2 Å². The molecular formula is C30H29BrN12O4. The van der Waals surface area contributed by atoms with E-state index in [1.165, 1.54) is 17.2 Å². The summed E-state index contributed by atoms with van der Waals surface area (Å²) in [6.45, 7) is 0.316. The number of rotatable bonds is 10. The van der Waals surface area contributed by atoms with Gasteiger partial charge in [-0.3, -0.25) is 19.6 Å². The van der Waals surface area contributed by atoms with E-state index >= 15 is 0 Å². The van der Waals surface area contributed by atoms with Gasteiger partial charge < -0.3 is 15.2 Å². The molecule has 0 unspecified atom stereocenters. The van der Waals surface area contributed by atoms with E-state index in [-0.39, 0.29) is 24.3 Å². The summed E-state index contributed by atoms with van der Waals surface area (Å²) in [6.07, 6.45) is 2.92. The van der Waals surface area contributed by atoms with Gasteiger partial charge in [0.1, 0.15) is 23.3 Å². The van der Waals surface area contributed by atoms with Crippen LogP contribution in [0, 0.1) is 0 Å². The highest BCUT2D eigenvalue weighted by atomic mass is 79.9. The minimum atomic E-state index is -0.776. The van der Waals surface area contributed by atoms with Crippen molar-refractivity contribution in [1.82, 2.24) is 54.6 Å². The highest BCUT2D eigenvalue weighted by molar-refractivity contribution is 9.10. The summed E-state index contributed by atoms with van der Waals surface area (Å²) in [5.41, 5.74) is 5.88. The molecular weight excluding hydrogens is 672 g/mol. The van der Waals surface area contributed by atoms with Crippen LogP contribution in [0.4, 0.5) is 10.6 Å². The first kappa shape index (κ1) is 31.2. The predicted octanol–water partition coefficient (Wildman–Crippen LogP) is 1.34. The van der Waals surface area contributed by atoms with Crippen molar-refractivity contribution in [2.45, 2.75) is 19.6 Å². The Morgan fingerprint density at radius 3 is 2.26 bits per heavy atom. The lowest BCUT2D eigenvalue weighted by Gasteiger charge is -2.14. The van der Waals surface area contributed by atoms with Crippen molar-refractivity contribution >= 4 is 55.9 Å². The number of nitrogens with one attached hydrogen (secondary N) is 4. The summed E-state index contributed by atoms with van der Waals surface area (Å²) >= 11 is 3.39. The molecule has 0 aliphatic rings. The number of imidazole rings is 1. The second-order valence-corrected chi connectivity index (χ2v) is 11.2. The number of halogens is 1. The third kappa shape index (κ3) is 6.74. The lowest BCUT2D eigenvalue weighted by atomic mass is 10.2. The maximum atomic E-state index is 13.7. The first-order valence-corrected chi connectivity index (χ1v) is 15.3. The SMILES string of the molecule is Cn1nc(Br)c2c(NCCNC(=O)NNC(=O)Cn3c(=O)c4c(ncn4Cc4ccccc4)n(Cc4ccccc4)c3=O)ncnc21. The van der Waals surface area contributed by atoms with Crippen LogP contribution in [0.5, 0.6) is 0 Å². The van der Waals surface area contributed by atoms with Crippen molar-refractivity contribution in [3.8, 4) is 0 Å².